The van der Waals surface area contributed by atoms with E-state index in [0.717, 1.165) is 11.1 Å². The summed E-state index contributed by atoms with van der Waals surface area (Å²) in [4.78, 5) is 25.5. The highest BCUT2D eigenvalue weighted by Crippen LogP contribution is 2.34. The Balaban J connectivity index is 1.50. The van der Waals surface area contributed by atoms with E-state index in [1.807, 2.05) is 0 Å². The molecule has 0 radical (unpaired) electrons. The number of aryl methyl sites for hydroxylation is 1. The molecule has 0 saturated carbocycles. The van der Waals surface area contributed by atoms with Gasteiger partial charge in [-0.2, -0.15) is 0 Å². The molecule has 4 rings (SSSR count). The third-order valence-corrected chi connectivity index (χ3v) is 6.36. The lowest BCUT2D eigenvalue weighted by Gasteiger charge is -2.38. The zero-order chi connectivity index (χ0) is 24.1. The Morgan fingerprint density at radius 3 is 2.35 bits per heavy atom. The van der Waals surface area contributed by atoms with Crippen molar-refractivity contribution in [2.45, 2.75) is 25.2 Å². The molecule has 1 heterocycles. The number of halogens is 2. The Morgan fingerprint density at radius 1 is 0.941 bits per heavy atom. The molecule has 1 fully saturated rings. The third-order valence-electron chi connectivity index (χ3n) is 6.36. The van der Waals surface area contributed by atoms with Crippen LogP contribution in [0, 0.1) is 18.6 Å². The zero-order valence-corrected chi connectivity index (χ0v) is 18.9. The fourth-order valence-electron chi connectivity index (χ4n) is 4.22. The van der Waals surface area contributed by atoms with Gasteiger partial charge < -0.3 is 15.4 Å². The van der Waals surface area contributed by atoms with Gasteiger partial charge in [0.2, 0.25) is 0 Å². The number of benzene rings is 3. The number of hydrogen-bond acceptors (Lipinski definition) is 3. The topological polar surface area (TPSA) is 67.4 Å². The number of hydrogen-bond donors (Lipinski definition) is 2. The van der Waals surface area contributed by atoms with Gasteiger partial charge in [-0.3, -0.25) is 9.59 Å². The van der Waals surface area contributed by atoms with Crippen LogP contribution in [0.25, 0.3) is 0 Å². The number of carbonyl (C=O) groups is 2. The number of ether oxygens (including phenoxy) is 1. The van der Waals surface area contributed by atoms with E-state index < -0.39 is 11.7 Å². The SMILES string of the molecule is Cc1ccc(C(=O)NCC2(c3ccc(F)cc3)CCOCC2)cc1NC(=O)c1ccccc1F. The van der Waals surface area contributed by atoms with Gasteiger partial charge in [0.15, 0.2) is 0 Å². The lowest BCUT2D eigenvalue weighted by molar-refractivity contribution is 0.0487. The summed E-state index contributed by atoms with van der Waals surface area (Å²) < 4.78 is 33.0. The molecule has 1 saturated heterocycles. The summed E-state index contributed by atoms with van der Waals surface area (Å²) in [5.74, 6) is -1.81. The van der Waals surface area contributed by atoms with Crippen molar-refractivity contribution in [3.63, 3.8) is 0 Å². The molecule has 0 bridgehead atoms. The number of anilines is 1. The van der Waals surface area contributed by atoms with Gasteiger partial charge in [0.1, 0.15) is 11.6 Å². The van der Waals surface area contributed by atoms with Crippen LogP contribution in [-0.4, -0.2) is 31.6 Å². The molecule has 0 unspecified atom stereocenters. The Bertz CT molecular complexity index is 1190. The second kappa shape index (κ2) is 10.1. The van der Waals surface area contributed by atoms with E-state index in [0.29, 0.717) is 43.9 Å². The molecular weight excluding hydrogens is 438 g/mol. The van der Waals surface area contributed by atoms with Gasteiger partial charge in [-0.1, -0.05) is 30.3 Å². The number of carbonyl (C=O) groups excluding carboxylic acids is 2. The molecule has 1 aliphatic rings. The Labute approximate surface area is 197 Å². The first-order chi connectivity index (χ1) is 16.4. The van der Waals surface area contributed by atoms with E-state index in [-0.39, 0.29) is 22.7 Å². The highest BCUT2D eigenvalue weighted by molar-refractivity contribution is 6.05. The molecule has 1 aliphatic heterocycles. The van der Waals surface area contributed by atoms with E-state index in [1.54, 1.807) is 43.3 Å². The lowest BCUT2D eigenvalue weighted by atomic mass is 9.74. The minimum atomic E-state index is -0.617. The third kappa shape index (κ3) is 5.15. The molecule has 34 heavy (non-hydrogen) atoms. The molecule has 0 spiro atoms. The monoisotopic (exact) mass is 464 g/mol. The van der Waals surface area contributed by atoms with Crippen molar-refractivity contribution in [3.8, 4) is 0 Å². The van der Waals surface area contributed by atoms with Crippen LogP contribution in [0.5, 0.6) is 0 Å². The van der Waals surface area contributed by atoms with Crippen molar-refractivity contribution in [1.29, 1.82) is 0 Å². The average Bonchev–Trinajstić information content (AvgIpc) is 2.85. The van der Waals surface area contributed by atoms with Crippen molar-refractivity contribution in [2.75, 3.05) is 25.1 Å². The summed E-state index contributed by atoms with van der Waals surface area (Å²) in [6, 6.07) is 17.1. The van der Waals surface area contributed by atoms with Crippen LogP contribution in [0.4, 0.5) is 14.5 Å². The highest BCUT2D eigenvalue weighted by Gasteiger charge is 2.35. The van der Waals surface area contributed by atoms with Crippen molar-refractivity contribution in [3.05, 3.63) is 101 Å². The quantitative estimate of drug-likeness (QED) is 0.539. The number of rotatable bonds is 6. The summed E-state index contributed by atoms with van der Waals surface area (Å²) in [5, 5.41) is 5.70. The Kier molecular flexibility index (Phi) is 7.03. The smallest absolute Gasteiger partial charge is 0.258 e. The minimum Gasteiger partial charge on any atom is -0.381 e. The second-order valence-corrected chi connectivity index (χ2v) is 8.55. The molecule has 2 amide bonds. The molecule has 0 atom stereocenters. The summed E-state index contributed by atoms with van der Waals surface area (Å²) in [5.41, 5.74) is 2.08. The highest BCUT2D eigenvalue weighted by atomic mass is 19.1. The van der Waals surface area contributed by atoms with E-state index in [2.05, 4.69) is 10.6 Å². The van der Waals surface area contributed by atoms with Crippen molar-refractivity contribution in [1.82, 2.24) is 5.32 Å². The molecular formula is C27H26F2N2O3. The maximum Gasteiger partial charge on any atom is 0.258 e. The van der Waals surface area contributed by atoms with Crippen LogP contribution in [-0.2, 0) is 10.2 Å². The van der Waals surface area contributed by atoms with E-state index in [9.17, 15) is 18.4 Å². The van der Waals surface area contributed by atoms with E-state index >= 15 is 0 Å². The van der Waals surface area contributed by atoms with Crippen molar-refractivity contribution in [2.24, 2.45) is 0 Å². The summed E-state index contributed by atoms with van der Waals surface area (Å²) in [6.45, 7) is 3.28. The first-order valence-corrected chi connectivity index (χ1v) is 11.2. The van der Waals surface area contributed by atoms with Crippen LogP contribution >= 0.6 is 0 Å². The fourth-order valence-corrected chi connectivity index (χ4v) is 4.22. The van der Waals surface area contributed by atoms with Gasteiger partial charge in [-0.05, 0) is 67.3 Å². The number of amides is 2. The van der Waals surface area contributed by atoms with Crippen LogP contribution in [0.1, 0.15) is 44.7 Å². The van der Waals surface area contributed by atoms with Crippen LogP contribution in [0.2, 0.25) is 0 Å². The second-order valence-electron chi connectivity index (χ2n) is 8.55. The van der Waals surface area contributed by atoms with Gasteiger partial charge in [0.25, 0.3) is 11.8 Å². The molecule has 0 aliphatic carbocycles. The van der Waals surface area contributed by atoms with Gasteiger partial charge in [0.05, 0.1) is 5.56 Å². The standard InChI is InChI=1S/C27H26F2N2O3/c1-18-6-7-19(16-24(18)31-26(33)22-4-2-3-5-23(22)29)25(32)30-17-27(12-14-34-15-13-27)20-8-10-21(28)11-9-20/h2-11,16H,12-15,17H2,1H3,(H,30,32)(H,31,33). The molecule has 2 N–H and O–H groups in total. The Morgan fingerprint density at radius 2 is 1.65 bits per heavy atom. The first-order valence-electron chi connectivity index (χ1n) is 11.2. The van der Waals surface area contributed by atoms with Gasteiger partial charge in [0, 0.05) is 36.4 Å². The largest absolute Gasteiger partial charge is 0.381 e. The molecule has 7 heteroatoms. The summed E-state index contributed by atoms with van der Waals surface area (Å²) in [6.07, 6.45) is 1.41. The molecule has 3 aromatic carbocycles. The van der Waals surface area contributed by atoms with Crippen molar-refractivity contribution < 1.29 is 23.1 Å². The number of nitrogens with one attached hydrogen (secondary N) is 2. The van der Waals surface area contributed by atoms with Gasteiger partial charge in [-0.15, -0.1) is 0 Å². The van der Waals surface area contributed by atoms with Gasteiger partial charge >= 0.3 is 0 Å². The first kappa shape index (κ1) is 23.6. The lowest BCUT2D eigenvalue weighted by Crippen LogP contribution is -2.44. The Hall–Kier alpha value is -3.58. The minimum absolute atomic E-state index is 0.0717. The normalized spacial score (nSPS) is 14.9. The van der Waals surface area contributed by atoms with Crippen LogP contribution < -0.4 is 10.6 Å². The average molecular weight is 465 g/mol. The molecule has 5 nitrogen and oxygen atoms in total. The van der Waals surface area contributed by atoms with Crippen LogP contribution in [0.15, 0.2) is 66.7 Å². The summed E-state index contributed by atoms with van der Waals surface area (Å²) >= 11 is 0. The zero-order valence-electron chi connectivity index (χ0n) is 18.9. The van der Waals surface area contributed by atoms with E-state index in [1.165, 1.54) is 30.3 Å². The maximum atomic E-state index is 14.0. The predicted molar refractivity (Wildman–Crippen MR) is 126 cm³/mol. The molecule has 0 aromatic heterocycles. The fraction of sp³-hybridized carbons (Fsp3) is 0.259. The van der Waals surface area contributed by atoms with Crippen molar-refractivity contribution >= 4 is 17.5 Å². The van der Waals surface area contributed by atoms with Crippen LogP contribution in [0.3, 0.4) is 0 Å². The van der Waals surface area contributed by atoms with E-state index in [4.69, 9.17) is 4.74 Å². The predicted octanol–water partition coefficient (Wildman–Crippen LogP) is 5.00. The molecule has 3 aromatic rings. The van der Waals surface area contributed by atoms with Gasteiger partial charge in [-0.25, -0.2) is 8.78 Å². The summed E-state index contributed by atoms with van der Waals surface area (Å²) in [7, 11) is 0. The maximum absolute atomic E-state index is 14.0. The molecule has 176 valence electrons.